The van der Waals surface area contributed by atoms with E-state index in [0.29, 0.717) is 5.56 Å². The summed E-state index contributed by atoms with van der Waals surface area (Å²) in [6.07, 6.45) is 2.89. The number of carbonyl (C=O) groups excluding carboxylic acids is 1. The molecule has 1 aromatic heterocycles. The summed E-state index contributed by atoms with van der Waals surface area (Å²) in [7, 11) is 1.27. The van der Waals surface area contributed by atoms with Crippen molar-refractivity contribution < 1.29 is 9.53 Å². The van der Waals surface area contributed by atoms with Gasteiger partial charge in [-0.2, -0.15) is 5.26 Å². The summed E-state index contributed by atoms with van der Waals surface area (Å²) in [6, 6.07) is 1.86. The molecule has 0 radical (unpaired) electrons. The largest absolute Gasteiger partial charge is 0.465 e. The first-order valence-corrected chi connectivity index (χ1v) is 2.94. The van der Waals surface area contributed by atoms with Gasteiger partial charge in [0.15, 0.2) is 0 Å². The van der Waals surface area contributed by atoms with Crippen molar-refractivity contribution in [3.63, 3.8) is 0 Å². The fourth-order valence-electron chi connectivity index (χ4n) is 0.735. The number of nitrogens with one attached hydrogen (secondary N) is 1. The van der Waals surface area contributed by atoms with E-state index in [-0.39, 0.29) is 5.56 Å². The van der Waals surface area contributed by atoms with E-state index < -0.39 is 5.97 Å². The second-order valence-electron chi connectivity index (χ2n) is 1.89. The van der Waals surface area contributed by atoms with Crippen LogP contribution >= 0.6 is 0 Å². The molecule has 56 valence electrons. The zero-order valence-electron chi connectivity index (χ0n) is 5.92. The zero-order valence-corrected chi connectivity index (χ0v) is 5.92. The van der Waals surface area contributed by atoms with Gasteiger partial charge >= 0.3 is 5.97 Å². The summed E-state index contributed by atoms with van der Waals surface area (Å²) < 4.78 is 4.43. The first-order valence-electron chi connectivity index (χ1n) is 2.94. The molecule has 0 atom stereocenters. The molecule has 1 N–H and O–H groups in total. The molecule has 0 saturated heterocycles. The van der Waals surface area contributed by atoms with Crippen molar-refractivity contribution >= 4 is 5.97 Å². The minimum atomic E-state index is -0.497. The van der Waals surface area contributed by atoms with E-state index in [4.69, 9.17) is 5.26 Å². The number of nitrogens with zero attached hydrogens (tertiary/aromatic N) is 1. The Morgan fingerprint density at radius 3 is 3.00 bits per heavy atom. The average Bonchev–Trinajstić information content (AvgIpc) is 2.50. The van der Waals surface area contributed by atoms with Crippen LogP contribution in [0.3, 0.4) is 0 Å². The maximum atomic E-state index is 10.9. The summed E-state index contributed by atoms with van der Waals surface area (Å²) >= 11 is 0. The summed E-state index contributed by atoms with van der Waals surface area (Å²) in [5.41, 5.74) is 0.576. The van der Waals surface area contributed by atoms with Gasteiger partial charge in [0.1, 0.15) is 6.07 Å². The number of H-pyrrole nitrogens is 1. The Morgan fingerprint density at radius 1 is 1.73 bits per heavy atom. The van der Waals surface area contributed by atoms with Gasteiger partial charge < -0.3 is 9.72 Å². The summed E-state index contributed by atoms with van der Waals surface area (Å²) in [5, 5.41) is 8.47. The Balaban J connectivity index is 3.05. The molecule has 0 spiro atoms. The SMILES string of the molecule is COC(=O)c1c[nH]cc1C#N. The third-order valence-electron chi connectivity index (χ3n) is 1.27. The van der Waals surface area contributed by atoms with Gasteiger partial charge in [-0.05, 0) is 0 Å². The van der Waals surface area contributed by atoms with Crippen LogP contribution in [0.15, 0.2) is 12.4 Å². The van der Waals surface area contributed by atoms with Crippen molar-refractivity contribution in [2.75, 3.05) is 7.11 Å². The van der Waals surface area contributed by atoms with Crippen LogP contribution in [0.4, 0.5) is 0 Å². The van der Waals surface area contributed by atoms with Crippen molar-refractivity contribution in [1.29, 1.82) is 5.26 Å². The highest BCUT2D eigenvalue weighted by Crippen LogP contribution is 2.06. The summed E-state index contributed by atoms with van der Waals surface area (Å²) in [5.74, 6) is -0.497. The molecule has 1 rings (SSSR count). The predicted molar refractivity (Wildman–Crippen MR) is 36.8 cm³/mol. The van der Waals surface area contributed by atoms with Crippen molar-refractivity contribution in [3.05, 3.63) is 23.5 Å². The maximum absolute atomic E-state index is 10.9. The lowest BCUT2D eigenvalue weighted by Crippen LogP contribution is -2.00. The Bertz CT molecular complexity index is 308. The molecule has 0 aliphatic carbocycles. The minimum absolute atomic E-state index is 0.273. The number of nitriles is 1. The van der Waals surface area contributed by atoms with Crippen LogP contribution < -0.4 is 0 Å². The lowest BCUT2D eigenvalue weighted by atomic mass is 10.2. The summed E-state index contributed by atoms with van der Waals surface area (Å²) in [4.78, 5) is 13.5. The van der Waals surface area contributed by atoms with Crippen LogP contribution in [0.1, 0.15) is 15.9 Å². The highest BCUT2D eigenvalue weighted by Gasteiger charge is 2.11. The number of ether oxygens (including phenoxy) is 1. The van der Waals surface area contributed by atoms with Crippen LogP contribution in [0.5, 0.6) is 0 Å². The first-order chi connectivity index (χ1) is 5.29. The third kappa shape index (κ3) is 1.22. The van der Waals surface area contributed by atoms with Gasteiger partial charge in [-0.15, -0.1) is 0 Å². The highest BCUT2D eigenvalue weighted by atomic mass is 16.5. The van der Waals surface area contributed by atoms with E-state index >= 15 is 0 Å². The number of rotatable bonds is 1. The predicted octanol–water partition coefficient (Wildman–Crippen LogP) is 0.673. The smallest absolute Gasteiger partial charge is 0.340 e. The summed E-state index contributed by atoms with van der Waals surface area (Å²) in [6.45, 7) is 0. The Kier molecular flexibility index (Phi) is 1.93. The van der Waals surface area contributed by atoms with E-state index in [1.807, 2.05) is 6.07 Å². The van der Waals surface area contributed by atoms with Crippen molar-refractivity contribution in [2.45, 2.75) is 0 Å². The topological polar surface area (TPSA) is 65.9 Å². The lowest BCUT2D eigenvalue weighted by molar-refractivity contribution is 0.0600. The van der Waals surface area contributed by atoms with E-state index in [9.17, 15) is 4.79 Å². The molecular formula is C7H6N2O2. The number of esters is 1. The molecule has 4 heteroatoms. The van der Waals surface area contributed by atoms with Crippen molar-refractivity contribution in [1.82, 2.24) is 4.98 Å². The van der Waals surface area contributed by atoms with Crippen LogP contribution in [0.25, 0.3) is 0 Å². The number of hydrogen-bond donors (Lipinski definition) is 1. The molecule has 0 fully saturated rings. The lowest BCUT2D eigenvalue weighted by Gasteiger charge is -1.93. The highest BCUT2D eigenvalue weighted by molar-refractivity contribution is 5.91. The zero-order chi connectivity index (χ0) is 8.27. The van der Waals surface area contributed by atoms with E-state index in [0.717, 1.165) is 0 Å². The third-order valence-corrected chi connectivity index (χ3v) is 1.27. The molecule has 0 saturated carbocycles. The number of aromatic amines is 1. The normalized spacial score (nSPS) is 8.73. The van der Waals surface area contributed by atoms with Crippen LogP contribution in [-0.2, 0) is 4.74 Å². The molecule has 1 aromatic rings. The van der Waals surface area contributed by atoms with Gasteiger partial charge in [-0.3, -0.25) is 0 Å². The molecule has 0 bridgehead atoms. The van der Waals surface area contributed by atoms with Crippen molar-refractivity contribution in [2.24, 2.45) is 0 Å². The van der Waals surface area contributed by atoms with Crippen LogP contribution in [0.2, 0.25) is 0 Å². The van der Waals surface area contributed by atoms with Gasteiger partial charge in [0.2, 0.25) is 0 Å². The second kappa shape index (κ2) is 2.88. The molecular weight excluding hydrogens is 144 g/mol. The Morgan fingerprint density at radius 2 is 2.45 bits per heavy atom. The van der Waals surface area contributed by atoms with Crippen molar-refractivity contribution in [3.8, 4) is 6.07 Å². The fraction of sp³-hybridized carbons (Fsp3) is 0.143. The molecule has 0 aromatic carbocycles. The Labute approximate surface area is 63.4 Å². The molecule has 11 heavy (non-hydrogen) atoms. The Hall–Kier alpha value is -1.76. The number of methoxy groups -OCH3 is 1. The van der Waals surface area contributed by atoms with Gasteiger partial charge in [-0.25, -0.2) is 4.79 Å². The molecule has 1 heterocycles. The first kappa shape index (κ1) is 7.35. The number of hydrogen-bond acceptors (Lipinski definition) is 3. The van der Waals surface area contributed by atoms with E-state index in [2.05, 4.69) is 9.72 Å². The monoisotopic (exact) mass is 150 g/mol. The molecule has 0 aliphatic heterocycles. The second-order valence-corrected chi connectivity index (χ2v) is 1.89. The van der Waals surface area contributed by atoms with Crippen LogP contribution in [-0.4, -0.2) is 18.1 Å². The van der Waals surface area contributed by atoms with Gasteiger partial charge in [-0.1, -0.05) is 0 Å². The van der Waals surface area contributed by atoms with Crippen LogP contribution in [0, 0.1) is 11.3 Å². The van der Waals surface area contributed by atoms with Gasteiger partial charge in [0.05, 0.1) is 18.2 Å². The number of aromatic nitrogens is 1. The fourth-order valence-corrected chi connectivity index (χ4v) is 0.735. The molecule has 0 amide bonds. The standard InChI is InChI=1S/C7H6N2O2/c1-11-7(10)6-4-9-3-5(6)2-8/h3-4,9H,1H3. The average molecular weight is 150 g/mol. The minimum Gasteiger partial charge on any atom is -0.465 e. The van der Waals surface area contributed by atoms with Gasteiger partial charge in [0, 0.05) is 12.4 Å². The molecule has 0 aliphatic rings. The maximum Gasteiger partial charge on any atom is 0.340 e. The molecule has 0 unspecified atom stereocenters. The van der Waals surface area contributed by atoms with E-state index in [1.165, 1.54) is 19.5 Å². The van der Waals surface area contributed by atoms with Gasteiger partial charge in [0.25, 0.3) is 0 Å². The number of carbonyl (C=O) groups is 1. The van der Waals surface area contributed by atoms with E-state index in [1.54, 1.807) is 0 Å². The quantitative estimate of drug-likeness (QED) is 0.598. The molecule has 4 nitrogen and oxygen atoms in total.